The van der Waals surface area contributed by atoms with Crippen molar-refractivity contribution in [3.05, 3.63) is 29.3 Å². The number of nitrogens with zero attached hydrogens (tertiary/aromatic N) is 1. The van der Waals surface area contributed by atoms with Gasteiger partial charge in [0.1, 0.15) is 0 Å². The average molecular weight is 384 g/mol. The molecule has 1 aliphatic heterocycles. The van der Waals surface area contributed by atoms with Crippen LogP contribution in [0.2, 0.25) is 0 Å². The summed E-state index contributed by atoms with van der Waals surface area (Å²) in [5, 5.41) is 11.9. The smallest absolute Gasteiger partial charge is 0.316 e. The first-order chi connectivity index (χ1) is 10.7. The maximum absolute atomic E-state index is 12.9. The summed E-state index contributed by atoms with van der Waals surface area (Å²) in [6, 6.07) is 3.80. The van der Waals surface area contributed by atoms with E-state index in [1.54, 1.807) is 0 Å². The highest BCUT2D eigenvalue weighted by Crippen LogP contribution is 2.33. The first-order valence-corrected chi connectivity index (χ1v) is 8.54. The molecule has 5 nitrogen and oxygen atoms in total. The van der Waals surface area contributed by atoms with E-state index >= 15 is 0 Å². The second-order valence-corrected chi connectivity index (χ2v) is 7.13. The summed E-state index contributed by atoms with van der Waals surface area (Å²) < 4.78 is 65.2. The van der Waals surface area contributed by atoms with Crippen LogP contribution in [0.1, 0.15) is 24.0 Å². The molecule has 1 aromatic rings. The highest BCUT2D eigenvalue weighted by atomic mass is 35.5. The number of alkyl halides is 3. The summed E-state index contributed by atoms with van der Waals surface area (Å²) in [6.07, 6.45) is -3.21. The lowest BCUT2D eigenvalue weighted by atomic mass is 10.1. The number of halogens is 4. The lowest BCUT2D eigenvalue weighted by molar-refractivity contribution is -0.137. The molecule has 0 bridgehead atoms. The fraction of sp³-hybridized carbons (Fsp3) is 0.500. The number of nitrogens with one attached hydrogen (secondary N) is 2. The maximum Gasteiger partial charge on any atom is 0.417 e. The molecular formula is C14H17ClF3N3O2S. The fourth-order valence-corrected chi connectivity index (χ4v) is 3.54. The van der Waals surface area contributed by atoms with Gasteiger partial charge in [-0.2, -0.15) is 18.4 Å². The quantitative estimate of drug-likeness (QED) is 0.817. The zero-order valence-electron chi connectivity index (χ0n) is 12.6. The topological polar surface area (TPSA) is 82.0 Å². The Bertz CT molecular complexity index is 711. The summed E-state index contributed by atoms with van der Waals surface area (Å²) in [5.74, 6) is 0.365. The predicted octanol–water partition coefficient (Wildman–Crippen LogP) is 2.28. The summed E-state index contributed by atoms with van der Waals surface area (Å²) in [5.41, 5.74) is -1.85. The first-order valence-electron chi connectivity index (χ1n) is 7.06. The van der Waals surface area contributed by atoms with Crippen molar-refractivity contribution in [1.29, 1.82) is 5.26 Å². The Morgan fingerprint density at radius 2 is 2.08 bits per heavy atom. The summed E-state index contributed by atoms with van der Waals surface area (Å²) >= 11 is 0. The molecule has 1 aromatic carbocycles. The molecule has 24 heavy (non-hydrogen) atoms. The van der Waals surface area contributed by atoms with E-state index in [0.717, 1.165) is 31.6 Å². The van der Waals surface area contributed by atoms with Gasteiger partial charge >= 0.3 is 6.18 Å². The Hall–Kier alpha value is -1.34. The summed E-state index contributed by atoms with van der Waals surface area (Å²) in [7, 11) is -4.04. The Labute approximate surface area is 144 Å². The van der Waals surface area contributed by atoms with Crippen LogP contribution in [0, 0.1) is 17.2 Å². The molecule has 1 fully saturated rings. The second kappa shape index (κ2) is 8.16. The van der Waals surface area contributed by atoms with E-state index in [1.165, 1.54) is 6.07 Å². The number of hydrogen-bond acceptors (Lipinski definition) is 4. The van der Waals surface area contributed by atoms with E-state index in [0.29, 0.717) is 18.4 Å². The molecule has 134 valence electrons. The normalized spacial score (nSPS) is 18.0. The van der Waals surface area contributed by atoms with Gasteiger partial charge in [0, 0.05) is 6.54 Å². The van der Waals surface area contributed by atoms with Crippen LogP contribution in [-0.4, -0.2) is 28.1 Å². The van der Waals surface area contributed by atoms with E-state index < -0.39 is 32.2 Å². The van der Waals surface area contributed by atoms with E-state index in [1.807, 2.05) is 0 Å². The van der Waals surface area contributed by atoms with Gasteiger partial charge in [-0.25, -0.2) is 13.1 Å². The number of sulfonamides is 1. The van der Waals surface area contributed by atoms with Crippen molar-refractivity contribution in [1.82, 2.24) is 10.0 Å². The third kappa shape index (κ3) is 5.08. The van der Waals surface area contributed by atoms with Crippen molar-refractivity contribution in [2.24, 2.45) is 5.92 Å². The van der Waals surface area contributed by atoms with Crippen LogP contribution in [0.3, 0.4) is 0 Å². The van der Waals surface area contributed by atoms with Crippen LogP contribution in [0.15, 0.2) is 23.1 Å². The molecule has 1 unspecified atom stereocenters. The Kier molecular flexibility index (Phi) is 7.04. The Morgan fingerprint density at radius 3 is 2.62 bits per heavy atom. The molecule has 0 radical (unpaired) electrons. The van der Waals surface area contributed by atoms with Gasteiger partial charge in [0.2, 0.25) is 10.0 Å². The standard InChI is InChI=1S/C14H16F3N3O2S.ClH/c15-14(16,17)13-7-12(2-1-11(13)8-18)23(21,22)20-6-4-10-3-5-19-9-10;/h1-2,7,10,19-20H,3-6,9H2;1H. The van der Waals surface area contributed by atoms with Crippen LogP contribution < -0.4 is 10.0 Å². The minimum Gasteiger partial charge on any atom is -0.316 e. The van der Waals surface area contributed by atoms with Crippen molar-refractivity contribution >= 4 is 22.4 Å². The number of rotatable bonds is 5. The zero-order valence-corrected chi connectivity index (χ0v) is 14.2. The highest BCUT2D eigenvalue weighted by Gasteiger charge is 2.35. The van der Waals surface area contributed by atoms with Crippen LogP contribution in [0.5, 0.6) is 0 Å². The Morgan fingerprint density at radius 1 is 1.38 bits per heavy atom. The molecule has 0 aliphatic carbocycles. The molecule has 1 atom stereocenters. The highest BCUT2D eigenvalue weighted by molar-refractivity contribution is 7.89. The van der Waals surface area contributed by atoms with Crippen molar-refractivity contribution in [2.45, 2.75) is 23.9 Å². The van der Waals surface area contributed by atoms with Gasteiger partial charge in [0.05, 0.1) is 22.1 Å². The van der Waals surface area contributed by atoms with Gasteiger partial charge in [0.15, 0.2) is 0 Å². The van der Waals surface area contributed by atoms with Gasteiger partial charge < -0.3 is 5.32 Å². The van der Waals surface area contributed by atoms with Gasteiger partial charge in [-0.3, -0.25) is 0 Å². The van der Waals surface area contributed by atoms with Gasteiger partial charge in [-0.05, 0) is 50.0 Å². The number of nitriles is 1. The SMILES string of the molecule is Cl.N#Cc1ccc(S(=O)(=O)NCCC2CCNC2)cc1C(F)(F)F. The molecule has 2 rings (SSSR count). The lowest BCUT2D eigenvalue weighted by Crippen LogP contribution is -2.27. The number of hydrogen-bond donors (Lipinski definition) is 2. The molecule has 1 saturated heterocycles. The van der Waals surface area contributed by atoms with E-state index in [4.69, 9.17) is 5.26 Å². The van der Waals surface area contributed by atoms with E-state index in [2.05, 4.69) is 10.0 Å². The third-order valence-electron chi connectivity index (χ3n) is 3.73. The van der Waals surface area contributed by atoms with Gasteiger partial charge in [-0.1, -0.05) is 0 Å². The van der Waals surface area contributed by atoms with Crippen molar-refractivity contribution in [2.75, 3.05) is 19.6 Å². The van der Waals surface area contributed by atoms with Crippen LogP contribution >= 0.6 is 12.4 Å². The lowest BCUT2D eigenvalue weighted by Gasteiger charge is -2.13. The molecule has 0 spiro atoms. The van der Waals surface area contributed by atoms with E-state index in [-0.39, 0.29) is 19.0 Å². The molecular weight excluding hydrogens is 367 g/mol. The Balaban J connectivity index is 0.00000288. The maximum atomic E-state index is 12.9. The van der Waals surface area contributed by atoms with Gasteiger partial charge in [-0.15, -0.1) is 12.4 Å². The van der Waals surface area contributed by atoms with Crippen LogP contribution in [0.25, 0.3) is 0 Å². The van der Waals surface area contributed by atoms with Crippen LogP contribution in [-0.2, 0) is 16.2 Å². The summed E-state index contributed by atoms with van der Waals surface area (Å²) in [4.78, 5) is -0.492. The largest absolute Gasteiger partial charge is 0.417 e. The monoisotopic (exact) mass is 383 g/mol. The first kappa shape index (κ1) is 20.7. The zero-order chi connectivity index (χ0) is 17.1. The summed E-state index contributed by atoms with van der Waals surface area (Å²) in [6.45, 7) is 1.87. The van der Waals surface area contributed by atoms with Crippen molar-refractivity contribution < 1.29 is 21.6 Å². The predicted molar refractivity (Wildman–Crippen MR) is 84.2 cm³/mol. The molecule has 1 aliphatic rings. The van der Waals surface area contributed by atoms with Gasteiger partial charge in [0.25, 0.3) is 0 Å². The third-order valence-corrected chi connectivity index (χ3v) is 5.19. The van der Waals surface area contributed by atoms with E-state index in [9.17, 15) is 21.6 Å². The molecule has 1 heterocycles. The molecule has 10 heteroatoms. The second-order valence-electron chi connectivity index (χ2n) is 5.36. The van der Waals surface area contributed by atoms with Crippen molar-refractivity contribution in [3.8, 4) is 6.07 Å². The minimum atomic E-state index is -4.79. The molecule has 2 N–H and O–H groups in total. The fourth-order valence-electron chi connectivity index (χ4n) is 2.46. The van der Waals surface area contributed by atoms with Crippen LogP contribution in [0.4, 0.5) is 13.2 Å². The number of benzene rings is 1. The molecule has 0 amide bonds. The molecule has 0 saturated carbocycles. The average Bonchev–Trinajstić information content (AvgIpc) is 2.98. The van der Waals surface area contributed by atoms with Crippen molar-refractivity contribution in [3.63, 3.8) is 0 Å². The minimum absolute atomic E-state index is 0. The molecule has 0 aromatic heterocycles.